The van der Waals surface area contributed by atoms with Crippen molar-refractivity contribution in [3.63, 3.8) is 0 Å². The smallest absolute Gasteiger partial charge is 0.414 e. The van der Waals surface area contributed by atoms with Gasteiger partial charge in [0.25, 0.3) is 0 Å². The number of rotatable bonds is 10. The fourth-order valence-corrected chi connectivity index (χ4v) is 3.15. The number of ether oxygens (including phenoxy) is 1. The molecule has 1 aliphatic heterocycles. The molecular weight excluding hydrogens is 380 g/mol. The van der Waals surface area contributed by atoms with E-state index in [0.717, 1.165) is 11.1 Å². The van der Waals surface area contributed by atoms with E-state index in [-0.39, 0.29) is 19.8 Å². The number of hydrogen-bond donors (Lipinski definition) is 2. The first kappa shape index (κ1) is 20.7. The first-order valence-electron chi connectivity index (χ1n) is 9.43. The maximum absolute atomic E-state index is 14.7. The molecule has 1 atom stereocenters. The molecule has 8 heteroatoms. The lowest BCUT2D eigenvalue weighted by Gasteiger charge is -2.14. The Morgan fingerprint density at radius 3 is 2.69 bits per heavy atom. The van der Waals surface area contributed by atoms with Gasteiger partial charge in [0.15, 0.2) is 0 Å². The van der Waals surface area contributed by atoms with Crippen molar-refractivity contribution in [1.29, 1.82) is 0 Å². The molecule has 0 bridgehead atoms. The van der Waals surface area contributed by atoms with Gasteiger partial charge in [-0.3, -0.25) is 14.1 Å². The van der Waals surface area contributed by atoms with E-state index in [1.165, 1.54) is 11.0 Å². The number of carbonyl (C=O) groups excluding carboxylic acids is 2. The third-order valence-corrected chi connectivity index (χ3v) is 4.65. The number of hydrogen-bond acceptors (Lipinski definition) is 4. The molecule has 0 aromatic heterocycles. The summed E-state index contributed by atoms with van der Waals surface area (Å²) in [6.45, 7) is 1.34. The standard InChI is InChI=1S/C21H23F2N3O3/c22-8-1-9-24-11-15-2-4-16(5-3-15)19-7-6-17(10-20(19)23)26-13-18(12-25-14-27)29-21(26)28/h2-7,10,14,18,24H,1,8-9,11-13H2,(H,25,27). The molecule has 1 heterocycles. The molecule has 2 N–H and O–H groups in total. The molecule has 1 fully saturated rings. The predicted octanol–water partition coefficient (Wildman–Crippen LogP) is 3.01. The number of amides is 2. The lowest BCUT2D eigenvalue weighted by molar-refractivity contribution is -0.109. The van der Waals surface area contributed by atoms with E-state index in [1.807, 2.05) is 24.3 Å². The van der Waals surface area contributed by atoms with E-state index in [4.69, 9.17) is 4.74 Å². The molecule has 1 saturated heterocycles. The Bertz CT molecular complexity index is 846. The minimum absolute atomic E-state index is 0.210. The number of nitrogens with zero attached hydrogens (tertiary/aromatic N) is 1. The Morgan fingerprint density at radius 2 is 2.00 bits per heavy atom. The molecular formula is C21H23F2N3O3. The third-order valence-electron chi connectivity index (χ3n) is 4.65. The second kappa shape index (κ2) is 9.97. The second-order valence-electron chi connectivity index (χ2n) is 6.72. The highest BCUT2D eigenvalue weighted by molar-refractivity contribution is 5.90. The molecule has 0 spiro atoms. The van der Waals surface area contributed by atoms with E-state index in [1.54, 1.807) is 12.1 Å². The van der Waals surface area contributed by atoms with Gasteiger partial charge < -0.3 is 15.4 Å². The second-order valence-corrected chi connectivity index (χ2v) is 6.72. The highest BCUT2D eigenvalue weighted by Crippen LogP contribution is 2.29. The van der Waals surface area contributed by atoms with Gasteiger partial charge in [-0.05, 0) is 42.3 Å². The summed E-state index contributed by atoms with van der Waals surface area (Å²) < 4.78 is 32.0. The van der Waals surface area contributed by atoms with Crippen molar-refractivity contribution < 1.29 is 23.1 Å². The van der Waals surface area contributed by atoms with Gasteiger partial charge in [-0.25, -0.2) is 9.18 Å². The van der Waals surface area contributed by atoms with Crippen molar-refractivity contribution in [3.8, 4) is 11.1 Å². The fraction of sp³-hybridized carbons (Fsp3) is 0.333. The lowest BCUT2D eigenvalue weighted by atomic mass is 10.0. The van der Waals surface area contributed by atoms with Crippen molar-refractivity contribution in [2.24, 2.45) is 0 Å². The summed E-state index contributed by atoms with van der Waals surface area (Å²) in [4.78, 5) is 23.7. The Hall–Kier alpha value is -3.00. The summed E-state index contributed by atoms with van der Waals surface area (Å²) in [5.41, 5.74) is 2.58. The Kier molecular flexibility index (Phi) is 7.13. The highest BCUT2D eigenvalue weighted by atomic mass is 19.1. The fourth-order valence-electron chi connectivity index (χ4n) is 3.15. The lowest BCUT2D eigenvalue weighted by Crippen LogP contribution is -2.30. The number of carbonyl (C=O) groups is 2. The molecule has 0 saturated carbocycles. The van der Waals surface area contributed by atoms with Crippen LogP contribution < -0.4 is 15.5 Å². The Labute approximate surface area is 167 Å². The summed E-state index contributed by atoms with van der Waals surface area (Å²) >= 11 is 0. The average molecular weight is 403 g/mol. The van der Waals surface area contributed by atoms with Crippen LogP contribution in [-0.4, -0.2) is 44.9 Å². The number of nitrogens with one attached hydrogen (secondary N) is 2. The number of cyclic esters (lactones) is 1. The van der Waals surface area contributed by atoms with Gasteiger partial charge in [0.1, 0.15) is 11.9 Å². The van der Waals surface area contributed by atoms with Crippen LogP contribution in [0.3, 0.4) is 0 Å². The van der Waals surface area contributed by atoms with Gasteiger partial charge in [-0.15, -0.1) is 0 Å². The van der Waals surface area contributed by atoms with Crippen LogP contribution in [0.15, 0.2) is 42.5 Å². The Balaban J connectivity index is 1.66. The molecule has 2 amide bonds. The number of anilines is 1. The van der Waals surface area contributed by atoms with Gasteiger partial charge in [0.05, 0.1) is 25.5 Å². The molecule has 6 nitrogen and oxygen atoms in total. The number of alkyl halides is 1. The number of halogens is 2. The highest BCUT2D eigenvalue weighted by Gasteiger charge is 2.32. The molecule has 2 aromatic rings. The monoisotopic (exact) mass is 403 g/mol. The van der Waals surface area contributed by atoms with E-state index >= 15 is 0 Å². The van der Waals surface area contributed by atoms with Gasteiger partial charge in [-0.1, -0.05) is 24.3 Å². The summed E-state index contributed by atoms with van der Waals surface area (Å²) in [6.07, 6.45) is -0.0220. The van der Waals surface area contributed by atoms with Crippen LogP contribution in [0.5, 0.6) is 0 Å². The van der Waals surface area contributed by atoms with Crippen LogP contribution in [0, 0.1) is 5.82 Å². The molecule has 1 aliphatic rings. The van der Waals surface area contributed by atoms with Crippen molar-refractivity contribution in [2.45, 2.75) is 19.1 Å². The van der Waals surface area contributed by atoms with Crippen LogP contribution in [0.25, 0.3) is 11.1 Å². The summed E-state index contributed by atoms with van der Waals surface area (Å²) in [5, 5.41) is 5.61. The maximum Gasteiger partial charge on any atom is 0.414 e. The maximum atomic E-state index is 14.7. The summed E-state index contributed by atoms with van der Waals surface area (Å²) in [6, 6.07) is 12.1. The van der Waals surface area contributed by atoms with Crippen LogP contribution >= 0.6 is 0 Å². The zero-order valence-corrected chi connectivity index (χ0v) is 15.9. The molecule has 0 radical (unpaired) electrons. The van der Waals surface area contributed by atoms with Crippen LogP contribution in [-0.2, 0) is 16.1 Å². The van der Waals surface area contributed by atoms with Gasteiger partial charge in [0.2, 0.25) is 6.41 Å². The minimum Gasteiger partial charge on any atom is -0.442 e. The zero-order valence-electron chi connectivity index (χ0n) is 15.9. The quantitative estimate of drug-likeness (QED) is 0.473. The van der Waals surface area contributed by atoms with Gasteiger partial charge in [0, 0.05) is 12.1 Å². The third kappa shape index (κ3) is 5.29. The Morgan fingerprint density at radius 1 is 1.21 bits per heavy atom. The zero-order chi connectivity index (χ0) is 20.6. The number of benzene rings is 2. The van der Waals surface area contributed by atoms with Gasteiger partial charge in [-0.2, -0.15) is 0 Å². The van der Waals surface area contributed by atoms with Crippen molar-refractivity contribution in [2.75, 3.05) is 31.2 Å². The van der Waals surface area contributed by atoms with Crippen LogP contribution in [0.2, 0.25) is 0 Å². The predicted molar refractivity (Wildman–Crippen MR) is 106 cm³/mol. The van der Waals surface area contributed by atoms with E-state index in [0.29, 0.717) is 37.2 Å². The summed E-state index contributed by atoms with van der Waals surface area (Å²) in [5.74, 6) is -0.446. The van der Waals surface area contributed by atoms with Crippen molar-refractivity contribution in [1.82, 2.24) is 10.6 Å². The van der Waals surface area contributed by atoms with Crippen molar-refractivity contribution in [3.05, 3.63) is 53.8 Å². The topological polar surface area (TPSA) is 70.7 Å². The van der Waals surface area contributed by atoms with Gasteiger partial charge >= 0.3 is 6.09 Å². The largest absolute Gasteiger partial charge is 0.442 e. The molecule has 2 aromatic carbocycles. The SMILES string of the molecule is O=CNCC1CN(c2ccc(-c3ccc(CNCCCF)cc3)c(F)c2)C(=O)O1. The van der Waals surface area contributed by atoms with E-state index in [9.17, 15) is 18.4 Å². The minimum atomic E-state index is -0.570. The first-order valence-corrected chi connectivity index (χ1v) is 9.43. The van der Waals surface area contributed by atoms with Crippen molar-refractivity contribution >= 4 is 18.2 Å². The molecule has 29 heavy (non-hydrogen) atoms. The first-order chi connectivity index (χ1) is 14.1. The normalized spacial score (nSPS) is 16.0. The van der Waals surface area contributed by atoms with E-state index in [2.05, 4.69) is 10.6 Å². The molecule has 154 valence electrons. The molecule has 3 rings (SSSR count). The summed E-state index contributed by atoms with van der Waals surface area (Å²) in [7, 11) is 0. The van der Waals surface area contributed by atoms with Crippen LogP contribution in [0.4, 0.5) is 19.3 Å². The van der Waals surface area contributed by atoms with E-state index < -0.39 is 18.0 Å². The molecule has 0 aliphatic carbocycles. The molecule has 1 unspecified atom stereocenters. The van der Waals surface area contributed by atoms with Crippen LogP contribution in [0.1, 0.15) is 12.0 Å². The average Bonchev–Trinajstić information content (AvgIpc) is 3.11.